The topological polar surface area (TPSA) is 78.4 Å². The highest BCUT2D eigenvalue weighted by Crippen LogP contribution is 2.26. The minimum absolute atomic E-state index is 0.120. The molecule has 0 fully saturated rings. The molecule has 0 aliphatic carbocycles. The monoisotopic (exact) mass is 284 g/mol. The Bertz CT molecular complexity index is 668. The molecule has 5 heteroatoms. The number of aromatic hydroxyl groups is 1. The highest BCUT2D eigenvalue weighted by molar-refractivity contribution is 5.99. The van der Waals surface area contributed by atoms with E-state index in [-0.39, 0.29) is 17.0 Å². The van der Waals surface area contributed by atoms with Gasteiger partial charge < -0.3 is 15.7 Å². The Labute approximate surface area is 122 Å². The largest absolute Gasteiger partial charge is 0.505 e. The molecule has 0 radical (unpaired) electrons. The molecule has 0 aliphatic heterocycles. The van der Waals surface area contributed by atoms with Gasteiger partial charge in [0.25, 0.3) is 5.91 Å². The molecule has 0 spiro atoms. The number of hydrogen-bond acceptors (Lipinski definition) is 3. The molecular weight excluding hydrogens is 268 g/mol. The van der Waals surface area contributed by atoms with Crippen molar-refractivity contribution in [1.29, 1.82) is 0 Å². The van der Waals surface area contributed by atoms with Crippen LogP contribution in [0.25, 0.3) is 0 Å². The fourth-order valence-corrected chi connectivity index (χ4v) is 2.01. The molecule has 0 atom stereocenters. The van der Waals surface area contributed by atoms with Crippen molar-refractivity contribution in [2.45, 2.75) is 13.5 Å². The zero-order valence-corrected chi connectivity index (χ0v) is 11.6. The van der Waals surface area contributed by atoms with Gasteiger partial charge in [-0.1, -0.05) is 35.9 Å². The van der Waals surface area contributed by atoms with E-state index in [0.717, 1.165) is 11.1 Å². The number of phenolic OH excluding ortho intramolecular Hbond substituents is 1. The van der Waals surface area contributed by atoms with E-state index >= 15 is 0 Å². The van der Waals surface area contributed by atoms with Gasteiger partial charge in [0.2, 0.25) is 6.41 Å². The Morgan fingerprint density at radius 2 is 2.00 bits per heavy atom. The third kappa shape index (κ3) is 3.60. The summed E-state index contributed by atoms with van der Waals surface area (Å²) in [6.07, 6.45) is 0.448. The number of benzene rings is 2. The summed E-state index contributed by atoms with van der Waals surface area (Å²) >= 11 is 0. The van der Waals surface area contributed by atoms with E-state index in [1.807, 2.05) is 31.2 Å². The van der Waals surface area contributed by atoms with E-state index in [0.29, 0.717) is 13.0 Å². The average molecular weight is 284 g/mol. The van der Waals surface area contributed by atoms with Gasteiger partial charge in [-0.15, -0.1) is 0 Å². The molecule has 0 aliphatic rings. The van der Waals surface area contributed by atoms with Gasteiger partial charge >= 0.3 is 0 Å². The molecule has 2 aromatic carbocycles. The van der Waals surface area contributed by atoms with Gasteiger partial charge in [0.05, 0.1) is 11.3 Å². The molecule has 108 valence electrons. The molecule has 2 amide bonds. The molecule has 0 aromatic heterocycles. The third-order valence-corrected chi connectivity index (χ3v) is 3.03. The van der Waals surface area contributed by atoms with Gasteiger partial charge in [0.1, 0.15) is 0 Å². The van der Waals surface area contributed by atoms with Crippen molar-refractivity contribution >= 4 is 18.0 Å². The second-order valence-corrected chi connectivity index (χ2v) is 4.64. The number of aryl methyl sites for hydroxylation is 1. The number of anilines is 1. The van der Waals surface area contributed by atoms with Crippen LogP contribution < -0.4 is 10.6 Å². The van der Waals surface area contributed by atoms with Gasteiger partial charge in [-0.3, -0.25) is 9.59 Å². The molecule has 3 N–H and O–H groups in total. The molecule has 2 rings (SSSR count). The van der Waals surface area contributed by atoms with Crippen LogP contribution in [0.5, 0.6) is 5.75 Å². The fraction of sp³-hybridized carbons (Fsp3) is 0.125. The quantitative estimate of drug-likeness (QED) is 0.582. The van der Waals surface area contributed by atoms with E-state index in [1.54, 1.807) is 6.07 Å². The summed E-state index contributed by atoms with van der Waals surface area (Å²) in [7, 11) is 0. The van der Waals surface area contributed by atoms with Crippen LogP contribution in [0.2, 0.25) is 0 Å². The van der Waals surface area contributed by atoms with Crippen molar-refractivity contribution in [1.82, 2.24) is 5.32 Å². The smallest absolute Gasteiger partial charge is 0.255 e. The zero-order chi connectivity index (χ0) is 15.2. The lowest BCUT2D eigenvalue weighted by molar-refractivity contribution is -0.105. The van der Waals surface area contributed by atoms with Crippen LogP contribution in [0.15, 0.2) is 42.5 Å². The molecule has 0 bridgehead atoms. The lowest BCUT2D eigenvalue weighted by Crippen LogP contribution is -2.23. The second-order valence-electron chi connectivity index (χ2n) is 4.64. The average Bonchev–Trinajstić information content (AvgIpc) is 2.47. The Morgan fingerprint density at radius 1 is 1.24 bits per heavy atom. The fourth-order valence-electron chi connectivity index (χ4n) is 2.01. The van der Waals surface area contributed by atoms with Crippen LogP contribution in [0.1, 0.15) is 21.5 Å². The maximum atomic E-state index is 12.1. The predicted octanol–water partition coefficient (Wildman–Crippen LogP) is 2.20. The summed E-state index contributed by atoms with van der Waals surface area (Å²) in [6, 6.07) is 12.4. The predicted molar refractivity (Wildman–Crippen MR) is 80.1 cm³/mol. The maximum Gasteiger partial charge on any atom is 0.255 e. The minimum atomic E-state index is -0.399. The summed E-state index contributed by atoms with van der Waals surface area (Å²) in [5.41, 5.74) is 2.41. The molecule has 0 saturated heterocycles. The first-order chi connectivity index (χ1) is 10.1. The summed E-state index contributed by atoms with van der Waals surface area (Å²) in [4.78, 5) is 22.5. The summed E-state index contributed by atoms with van der Waals surface area (Å²) < 4.78 is 0. The van der Waals surface area contributed by atoms with Crippen molar-refractivity contribution in [2.75, 3.05) is 5.32 Å². The summed E-state index contributed by atoms with van der Waals surface area (Å²) in [6.45, 7) is 2.34. The number of carbonyl (C=O) groups excluding carboxylic acids is 2. The van der Waals surface area contributed by atoms with Crippen LogP contribution in [0.4, 0.5) is 5.69 Å². The van der Waals surface area contributed by atoms with Crippen molar-refractivity contribution in [2.24, 2.45) is 0 Å². The Hall–Kier alpha value is -2.82. The van der Waals surface area contributed by atoms with Crippen molar-refractivity contribution in [3.05, 3.63) is 59.2 Å². The van der Waals surface area contributed by atoms with Crippen LogP contribution in [-0.2, 0) is 11.3 Å². The van der Waals surface area contributed by atoms with E-state index in [2.05, 4.69) is 10.6 Å². The number of amides is 2. The van der Waals surface area contributed by atoms with E-state index < -0.39 is 5.91 Å². The first kappa shape index (κ1) is 14.6. The number of carbonyl (C=O) groups is 2. The number of hydrogen-bond donors (Lipinski definition) is 3. The second kappa shape index (κ2) is 6.56. The number of para-hydroxylation sites is 1. The first-order valence-electron chi connectivity index (χ1n) is 6.47. The summed E-state index contributed by atoms with van der Waals surface area (Å²) in [5, 5.41) is 15.0. The maximum absolute atomic E-state index is 12.1. The Morgan fingerprint density at radius 3 is 2.71 bits per heavy atom. The highest BCUT2D eigenvalue weighted by Gasteiger charge is 2.13. The molecule has 0 saturated carbocycles. The van der Waals surface area contributed by atoms with Crippen molar-refractivity contribution < 1.29 is 14.7 Å². The molecular formula is C16H16N2O3. The van der Waals surface area contributed by atoms with Crippen LogP contribution >= 0.6 is 0 Å². The van der Waals surface area contributed by atoms with Gasteiger partial charge in [-0.05, 0) is 24.6 Å². The molecule has 2 aromatic rings. The minimum Gasteiger partial charge on any atom is -0.505 e. The van der Waals surface area contributed by atoms with Crippen LogP contribution in [-0.4, -0.2) is 17.4 Å². The molecule has 0 unspecified atom stereocenters. The van der Waals surface area contributed by atoms with Crippen LogP contribution in [0.3, 0.4) is 0 Å². The van der Waals surface area contributed by atoms with E-state index in [4.69, 9.17) is 0 Å². The lowest BCUT2D eigenvalue weighted by atomic mass is 10.1. The van der Waals surface area contributed by atoms with E-state index in [1.165, 1.54) is 12.1 Å². The number of nitrogens with one attached hydrogen (secondary N) is 2. The van der Waals surface area contributed by atoms with E-state index in [9.17, 15) is 14.7 Å². The normalized spacial score (nSPS) is 9.95. The van der Waals surface area contributed by atoms with Gasteiger partial charge in [0, 0.05) is 6.54 Å². The Kier molecular flexibility index (Phi) is 4.56. The molecule has 21 heavy (non-hydrogen) atoms. The molecule has 0 heterocycles. The Balaban J connectivity index is 2.10. The molecule has 5 nitrogen and oxygen atoms in total. The third-order valence-electron chi connectivity index (χ3n) is 3.03. The van der Waals surface area contributed by atoms with Gasteiger partial charge in [-0.25, -0.2) is 0 Å². The standard InChI is InChI=1S/C16H16N2O3/c1-11-4-2-5-12(8-11)9-17-16(21)13-6-3-7-14(15(13)20)18-10-19/h2-8,10,20H,9H2,1H3,(H,17,21)(H,18,19). The van der Waals surface area contributed by atoms with Crippen molar-refractivity contribution in [3.8, 4) is 5.75 Å². The highest BCUT2D eigenvalue weighted by atomic mass is 16.3. The lowest BCUT2D eigenvalue weighted by Gasteiger charge is -2.10. The first-order valence-corrected chi connectivity index (χ1v) is 6.47. The van der Waals surface area contributed by atoms with Crippen LogP contribution in [0, 0.1) is 6.92 Å². The SMILES string of the molecule is Cc1cccc(CNC(=O)c2cccc(NC=O)c2O)c1. The van der Waals surface area contributed by atoms with Gasteiger partial charge in [-0.2, -0.15) is 0 Å². The zero-order valence-electron chi connectivity index (χ0n) is 11.6. The number of rotatable bonds is 5. The van der Waals surface area contributed by atoms with Crippen molar-refractivity contribution in [3.63, 3.8) is 0 Å². The number of phenols is 1. The van der Waals surface area contributed by atoms with Gasteiger partial charge in [0.15, 0.2) is 5.75 Å². The summed E-state index contributed by atoms with van der Waals surface area (Å²) in [5.74, 6) is -0.644.